The second-order valence-corrected chi connectivity index (χ2v) is 7.26. The van der Waals surface area contributed by atoms with Crippen LogP contribution in [-0.2, 0) is 16.2 Å². The van der Waals surface area contributed by atoms with Crippen LogP contribution in [0.1, 0.15) is 30.9 Å². The molecule has 1 aromatic carbocycles. The molecule has 2 heterocycles. The number of hydrogen-bond donors (Lipinski definition) is 1. The SMILES string of the molecule is CCOC(=O)[C@H]1CCC[NH+](Cn2nnn(-c3ccc(C)c(C)c3)c2=S)C1. The minimum Gasteiger partial charge on any atom is -0.466 e. The van der Waals surface area contributed by atoms with Crippen LogP contribution in [0.2, 0.25) is 0 Å². The van der Waals surface area contributed by atoms with E-state index in [0.717, 1.165) is 31.6 Å². The normalized spacial score (nSPS) is 20.1. The minimum absolute atomic E-state index is 0.0392. The monoisotopic (exact) mass is 376 g/mol. The van der Waals surface area contributed by atoms with E-state index in [0.29, 0.717) is 18.0 Å². The van der Waals surface area contributed by atoms with Crippen molar-refractivity contribution in [2.45, 2.75) is 40.3 Å². The fraction of sp³-hybridized carbons (Fsp3) is 0.556. The van der Waals surface area contributed by atoms with Crippen molar-refractivity contribution < 1.29 is 14.4 Å². The summed E-state index contributed by atoms with van der Waals surface area (Å²) >= 11 is 5.57. The van der Waals surface area contributed by atoms with Gasteiger partial charge in [0.1, 0.15) is 5.92 Å². The van der Waals surface area contributed by atoms with E-state index in [-0.39, 0.29) is 11.9 Å². The van der Waals surface area contributed by atoms with Crippen LogP contribution in [0.3, 0.4) is 0 Å². The van der Waals surface area contributed by atoms with Crippen LogP contribution in [0.4, 0.5) is 0 Å². The highest BCUT2D eigenvalue weighted by Gasteiger charge is 2.30. The molecule has 0 amide bonds. The summed E-state index contributed by atoms with van der Waals surface area (Å²) in [6, 6.07) is 6.13. The molecule has 26 heavy (non-hydrogen) atoms. The highest BCUT2D eigenvalue weighted by molar-refractivity contribution is 7.71. The molecule has 0 aliphatic carbocycles. The molecule has 1 aliphatic rings. The summed E-state index contributed by atoms with van der Waals surface area (Å²) in [6.07, 6.45) is 1.89. The largest absolute Gasteiger partial charge is 0.466 e. The smallest absolute Gasteiger partial charge is 0.314 e. The molecule has 7 nitrogen and oxygen atoms in total. The van der Waals surface area contributed by atoms with Gasteiger partial charge in [-0.05, 0) is 79.5 Å². The van der Waals surface area contributed by atoms with E-state index in [1.165, 1.54) is 16.0 Å². The van der Waals surface area contributed by atoms with Gasteiger partial charge in [-0.2, -0.15) is 9.36 Å². The Morgan fingerprint density at radius 3 is 2.88 bits per heavy atom. The second-order valence-electron chi connectivity index (χ2n) is 6.89. The van der Waals surface area contributed by atoms with Gasteiger partial charge in [0.15, 0.2) is 6.67 Å². The maximum Gasteiger partial charge on any atom is 0.314 e. The third-order valence-electron chi connectivity index (χ3n) is 4.99. The fourth-order valence-electron chi connectivity index (χ4n) is 3.36. The van der Waals surface area contributed by atoms with E-state index in [1.54, 1.807) is 9.36 Å². The number of esters is 1. The lowest BCUT2D eigenvalue weighted by atomic mass is 9.99. The first kappa shape index (κ1) is 18.7. The van der Waals surface area contributed by atoms with E-state index >= 15 is 0 Å². The number of nitrogens with one attached hydrogen (secondary N) is 1. The van der Waals surface area contributed by atoms with Crippen molar-refractivity contribution in [3.8, 4) is 5.69 Å². The Morgan fingerprint density at radius 1 is 1.35 bits per heavy atom. The van der Waals surface area contributed by atoms with Crippen molar-refractivity contribution in [3.63, 3.8) is 0 Å². The van der Waals surface area contributed by atoms with Crippen molar-refractivity contribution in [1.82, 2.24) is 19.8 Å². The molecule has 1 N–H and O–H groups in total. The summed E-state index contributed by atoms with van der Waals surface area (Å²) in [5, 5.41) is 8.46. The number of nitrogens with zero attached hydrogens (tertiary/aromatic N) is 4. The maximum absolute atomic E-state index is 12.0. The van der Waals surface area contributed by atoms with Crippen LogP contribution >= 0.6 is 12.2 Å². The van der Waals surface area contributed by atoms with Gasteiger partial charge in [-0.15, -0.1) is 0 Å². The van der Waals surface area contributed by atoms with Gasteiger partial charge in [0.2, 0.25) is 4.77 Å². The summed E-state index contributed by atoms with van der Waals surface area (Å²) < 4.78 is 9.18. The zero-order chi connectivity index (χ0) is 18.7. The zero-order valence-corrected chi connectivity index (χ0v) is 16.4. The lowest BCUT2D eigenvalue weighted by Gasteiger charge is -2.28. The lowest BCUT2D eigenvalue weighted by molar-refractivity contribution is -0.930. The number of likely N-dealkylation sites (tertiary alicyclic amines) is 1. The quantitative estimate of drug-likeness (QED) is 0.628. The third kappa shape index (κ3) is 4.02. The number of piperidine rings is 1. The molecule has 2 aromatic rings. The van der Waals surface area contributed by atoms with Crippen LogP contribution in [-0.4, -0.2) is 45.5 Å². The van der Waals surface area contributed by atoms with Crippen molar-refractivity contribution in [2.75, 3.05) is 19.7 Å². The molecule has 8 heteroatoms. The van der Waals surface area contributed by atoms with Crippen LogP contribution in [0.25, 0.3) is 5.69 Å². The Kier molecular flexibility index (Phi) is 5.83. The summed E-state index contributed by atoms with van der Waals surface area (Å²) in [6.45, 7) is 8.77. The Bertz CT molecular complexity index is 844. The van der Waals surface area contributed by atoms with Crippen molar-refractivity contribution >= 4 is 18.2 Å². The molecular formula is C18H26N5O2S+. The molecule has 1 saturated heterocycles. The topological polar surface area (TPSA) is 66.4 Å². The number of aryl methyl sites for hydroxylation is 2. The molecule has 1 aromatic heterocycles. The van der Waals surface area contributed by atoms with E-state index in [4.69, 9.17) is 17.0 Å². The molecule has 1 fully saturated rings. The number of rotatable bonds is 5. The number of aromatic nitrogens is 4. The maximum atomic E-state index is 12.0. The fourth-order valence-corrected chi connectivity index (χ4v) is 3.60. The highest BCUT2D eigenvalue weighted by atomic mass is 32.1. The molecule has 0 radical (unpaired) electrons. The van der Waals surface area contributed by atoms with Crippen molar-refractivity contribution in [1.29, 1.82) is 0 Å². The summed E-state index contributed by atoms with van der Waals surface area (Å²) in [5.74, 6) is -0.130. The van der Waals surface area contributed by atoms with Gasteiger partial charge in [-0.25, -0.2) is 0 Å². The van der Waals surface area contributed by atoms with Gasteiger partial charge in [0, 0.05) is 0 Å². The first-order valence-corrected chi connectivity index (χ1v) is 9.51. The van der Waals surface area contributed by atoms with Gasteiger partial charge in [-0.3, -0.25) is 4.79 Å². The predicted molar refractivity (Wildman–Crippen MR) is 99.7 cm³/mol. The summed E-state index contributed by atoms with van der Waals surface area (Å²) in [7, 11) is 0. The Labute approximate surface area is 158 Å². The van der Waals surface area contributed by atoms with Gasteiger partial charge < -0.3 is 9.64 Å². The minimum atomic E-state index is -0.0907. The first-order valence-electron chi connectivity index (χ1n) is 9.10. The first-order chi connectivity index (χ1) is 12.5. The Morgan fingerprint density at radius 2 is 2.15 bits per heavy atom. The van der Waals surface area contributed by atoms with Crippen LogP contribution in [0, 0.1) is 24.5 Å². The summed E-state index contributed by atoms with van der Waals surface area (Å²) in [4.78, 5) is 13.3. The number of carbonyl (C=O) groups excluding carboxylic acids is 1. The Hall–Kier alpha value is -2.06. The Balaban J connectivity index is 1.73. The molecule has 140 valence electrons. The molecule has 1 aliphatic heterocycles. The van der Waals surface area contributed by atoms with E-state index in [9.17, 15) is 4.79 Å². The molecule has 0 saturated carbocycles. The molecular weight excluding hydrogens is 350 g/mol. The third-order valence-corrected chi connectivity index (χ3v) is 5.37. The summed E-state index contributed by atoms with van der Waals surface area (Å²) in [5.41, 5.74) is 3.34. The standard InChI is InChI=1S/C18H25N5O2S/c1-4-25-17(24)15-6-5-9-21(11-15)12-22-18(26)23(20-19-22)16-8-7-13(2)14(3)10-16/h7-8,10,15H,4-6,9,11-12H2,1-3H3/p+1/t15-/m0/s1. The predicted octanol–water partition coefficient (Wildman–Crippen LogP) is 1.23. The lowest BCUT2D eigenvalue weighted by Crippen LogP contribution is -3.13. The van der Waals surface area contributed by atoms with Crippen LogP contribution in [0.15, 0.2) is 18.2 Å². The molecule has 0 bridgehead atoms. The molecule has 1 unspecified atom stereocenters. The van der Waals surface area contributed by atoms with Gasteiger partial charge in [0.25, 0.3) is 0 Å². The number of hydrogen-bond acceptors (Lipinski definition) is 5. The van der Waals surface area contributed by atoms with Crippen LogP contribution < -0.4 is 4.90 Å². The van der Waals surface area contributed by atoms with E-state index in [2.05, 4.69) is 36.4 Å². The van der Waals surface area contributed by atoms with E-state index in [1.807, 2.05) is 13.0 Å². The average Bonchev–Trinajstić information content (AvgIpc) is 2.98. The highest BCUT2D eigenvalue weighted by Crippen LogP contribution is 2.13. The number of benzene rings is 1. The molecule has 3 rings (SSSR count). The van der Waals surface area contributed by atoms with Gasteiger partial charge >= 0.3 is 5.97 Å². The average molecular weight is 377 g/mol. The number of quaternary nitrogens is 1. The van der Waals surface area contributed by atoms with Crippen LogP contribution in [0.5, 0.6) is 0 Å². The molecule has 0 spiro atoms. The van der Waals surface area contributed by atoms with Gasteiger partial charge in [0.05, 0.1) is 25.4 Å². The number of carbonyl (C=O) groups is 1. The van der Waals surface area contributed by atoms with E-state index < -0.39 is 0 Å². The second kappa shape index (κ2) is 8.09. The molecule has 2 atom stereocenters. The van der Waals surface area contributed by atoms with Gasteiger partial charge in [-0.1, -0.05) is 6.07 Å². The van der Waals surface area contributed by atoms with Crippen molar-refractivity contribution in [3.05, 3.63) is 34.1 Å². The number of ether oxygens (including phenoxy) is 1. The zero-order valence-electron chi connectivity index (χ0n) is 15.6. The van der Waals surface area contributed by atoms with Crippen molar-refractivity contribution in [2.24, 2.45) is 5.92 Å². The number of tetrazole rings is 1.